The quantitative estimate of drug-likeness (QED) is 0.387. The lowest BCUT2D eigenvalue weighted by atomic mass is 9.97. The van der Waals surface area contributed by atoms with Crippen LogP contribution in [0.5, 0.6) is 0 Å². The third-order valence-corrected chi connectivity index (χ3v) is 6.85. The molecule has 5 N–H and O–H groups in total. The van der Waals surface area contributed by atoms with Crippen molar-refractivity contribution in [1.82, 2.24) is 19.7 Å². The molecule has 1 aliphatic rings. The molecule has 1 aliphatic carbocycles. The fraction of sp³-hybridized carbons (Fsp3) is 0.280. The Morgan fingerprint density at radius 2 is 1.97 bits per heavy atom. The van der Waals surface area contributed by atoms with Gasteiger partial charge in [-0.05, 0) is 41.5 Å². The van der Waals surface area contributed by atoms with Gasteiger partial charge in [0.25, 0.3) is 0 Å². The van der Waals surface area contributed by atoms with E-state index >= 15 is 4.39 Å². The number of carbonyl (C=O) groups excluding carboxylic acids is 1. The minimum absolute atomic E-state index is 0.00965. The molecular weight excluding hydrogens is 433 g/mol. The zero-order valence-electron chi connectivity index (χ0n) is 19.2. The number of halogens is 1. The van der Waals surface area contributed by atoms with Crippen molar-refractivity contribution in [3.05, 3.63) is 60.1 Å². The number of aromatic nitrogens is 4. The van der Waals surface area contributed by atoms with Crippen molar-refractivity contribution in [1.29, 1.82) is 0 Å². The molecule has 1 amide bonds. The highest BCUT2D eigenvalue weighted by Gasteiger charge is 2.54. The van der Waals surface area contributed by atoms with Gasteiger partial charge in [-0.3, -0.25) is 14.5 Å². The van der Waals surface area contributed by atoms with Crippen molar-refractivity contribution >= 4 is 33.9 Å². The van der Waals surface area contributed by atoms with E-state index in [4.69, 9.17) is 11.5 Å². The highest BCUT2D eigenvalue weighted by molar-refractivity contribution is 6.01. The first kappa shape index (κ1) is 21.8. The topological polar surface area (TPSA) is 125 Å². The Hall–Kier alpha value is -4.01. The minimum Gasteiger partial charge on any atom is -0.397 e. The Kier molecular flexibility index (Phi) is 5.19. The van der Waals surface area contributed by atoms with Gasteiger partial charge in [0.1, 0.15) is 5.82 Å². The number of amides is 1. The molecule has 0 aliphatic heterocycles. The largest absolute Gasteiger partial charge is 0.397 e. The van der Waals surface area contributed by atoms with Gasteiger partial charge in [0.15, 0.2) is 5.82 Å². The van der Waals surface area contributed by atoms with Crippen LogP contribution < -0.4 is 16.8 Å². The van der Waals surface area contributed by atoms with Gasteiger partial charge in [-0.1, -0.05) is 13.3 Å². The summed E-state index contributed by atoms with van der Waals surface area (Å²) in [5, 5.41) is 8.30. The summed E-state index contributed by atoms with van der Waals surface area (Å²) in [6.07, 6.45) is 9.26. The molecule has 1 aromatic carbocycles. The Morgan fingerprint density at radius 1 is 1.18 bits per heavy atom. The molecule has 3 heterocycles. The lowest BCUT2D eigenvalue weighted by Crippen LogP contribution is -2.16. The van der Waals surface area contributed by atoms with Crippen molar-refractivity contribution in [2.45, 2.75) is 26.2 Å². The highest BCUT2D eigenvalue weighted by atomic mass is 19.1. The number of rotatable bonds is 5. The van der Waals surface area contributed by atoms with Gasteiger partial charge in [-0.2, -0.15) is 5.10 Å². The second kappa shape index (κ2) is 8.09. The molecule has 9 heteroatoms. The maximum atomic E-state index is 15.1. The first-order valence-electron chi connectivity index (χ1n) is 11.2. The number of hydrogen-bond donors (Lipinski definition) is 3. The minimum atomic E-state index is -0.551. The summed E-state index contributed by atoms with van der Waals surface area (Å²) >= 11 is 0. The predicted molar refractivity (Wildman–Crippen MR) is 130 cm³/mol. The molecule has 0 radical (unpaired) electrons. The van der Waals surface area contributed by atoms with Crippen molar-refractivity contribution < 1.29 is 9.18 Å². The summed E-state index contributed by atoms with van der Waals surface area (Å²) < 4.78 is 16.9. The van der Waals surface area contributed by atoms with Crippen LogP contribution in [0.1, 0.15) is 30.4 Å². The summed E-state index contributed by atoms with van der Waals surface area (Å²) in [6.45, 7) is 3.89. The van der Waals surface area contributed by atoms with Gasteiger partial charge in [-0.25, -0.2) is 9.37 Å². The number of aryl methyl sites for hydroxylation is 1. The molecule has 0 saturated heterocycles. The number of nitrogens with zero attached hydrogens (tertiary/aromatic N) is 4. The number of hydrogen-bond acceptors (Lipinski definition) is 6. The Bertz CT molecular complexity index is 1430. The first-order chi connectivity index (χ1) is 16.3. The molecule has 0 unspecified atom stereocenters. The molecule has 34 heavy (non-hydrogen) atoms. The molecule has 5 rings (SSSR count). The van der Waals surface area contributed by atoms with E-state index in [-0.39, 0.29) is 29.3 Å². The van der Waals surface area contributed by atoms with Crippen LogP contribution in [-0.2, 0) is 11.8 Å². The Labute approximate surface area is 196 Å². The number of carbonyl (C=O) groups is 1. The monoisotopic (exact) mass is 459 g/mol. The normalized spacial score (nSPS) is 19.4. The van der Waals surface area contributed by atoms with Gasteiger partial charge in [0.05, 0.1) is 23.8 Å². The maximum absolute atomic E-state index is 15.1. The summed E-state index contributed by atoms with van der Waals surface area (Å²) in [5.74, 6) is 0.0306. The predicted octanol–water partition coefficient (Wildman–Crippen LogP) is 4.02. The van der Waals surface area contributed by atoms with Crippen LogP contribution in [0, 0.1) is 24.6 Å². The zero-order chi connectivity index (χ0) is 24.1. The summed E-state index contributed by atoms with van der Waals surface area (Å²) in [6, 6.07) is 3.40. The molecule has 1 fully saturated rings. The summed E-state index contributed by atoms with van der Waals surface area (Å²) in [7, 11) is 1.87. The average molecular weight is 460 g/mol. The van der Waals surface area contributed by atoms with E-state index in [2.05, 4.69) is 27.3 Å². The van der Waals surface area contributed by atoms with E-state index in [9.17, 15) is 4.79 Å². The molecule has 174 valence electrons. The Morgan fingerprint density at radius 3 is 2.68 bits per heavy atom. The number of nitrogens with one attached hydrogen (secondary N) is 1. The highest BCUT2D eigenvalue weighted by Crippen LogP contribution is 2.56. The van der Waals surface area contributed by atoms with Crippen LogP contribution >= 0.6 is 0 Å². The van der Waals surface area contributed by atoms with E-state index in [1.165, 1.54) is 12.4 Å². The van der Waals surface area contributed by atoms with Gasteiger partial charge < -0.3 is 16.8 Å². The van der Waals surface area contributed by atoms with Gasteiger partial charge in [0.2, 0.25) is 5.91 Å². The number of benzene rings is 1. The zero-order valence-corrected chi connectivity index (χ0v) is 19.2. The lowest BCUT2D eigenvalue weighted by Gasteiger charge is -2.13. The van der Waals surface area contributed by atoms with Crippen LogP contribution in [-0.4, -0.2) is 25.7 Å². The van der Waals surface area contributed by atoms with Crippen molar-refractivity contribution in [3.63, 3.8) is 0 Å². The SMILES string of the molecule is CC[C@H]1[C@H](C(=O)Nc2cc3cc(-c4cncc(N)c4C)c(F)c(N)c3cn2)[C@H]1c1cnn(C)c1. The van der Waals surface area contributed by atoms with Gasteiger partial charge >= 0.3 is 0 Å². The second-order valence-corrected chi connectivity index (χ2v) is 8.90. The molecule has 0 spiro atoms. The smallest absolute Gasteiger partial charge is 0.229 e. The lowest BCUT2D eigenvalue weighted by molar-refractivity contribution is -0.117. The summed E-state index contributed by atoms with van der Waals surface area (Å²) in [5.41, 5.74) is 15.2. The maximum Gasteiger partial charge on any atom is 0.229 e. The van der Waals surface area contributed by atoms with Crippen LogP contribution in [0.2, 0.25) is 0 Å². The molecule has 3 aromatic heterocycles. The third-order valence-electron chi connectivity index (χ3n) is 6.85. The van der Waals surface area contributed by atoms with Crippen molar-refractivity contribution in [2.75, 3.05) is 16.8 Å². The molecule has 1 saturated carbocycles. The van der Waals surface area contributed by atoms with Gasteiger partial charge in [0, 0.05) is 54.0 Å². The number of fused-ring (bicyclic) bond motifs is 1. The van der Waals surface area contributed by atoms with Gasteiger partial charge in [-0.15, -0.1) is 0 Å². The van der Waals surface area contributed by atoms with Crippen molar-refractivity contribution in [3.8, 4) is 11.1 Å². The summed E-state index contributed by atoms with van der Waals surface area (Å²) in [4.78, 5) is 21.5. The molecule has 8 nitrogen and oxygen atoms in total. The van der Waals surface area contributed by atoms with E-state index in [0.717, 1.165) is 17.5 Å². The third kappa shape index (κ3) is 3.53. The van der Waals surface area contributed by atoms with E-state index in [1.54, 1.807) is 23.0 Å². The van der Waals surface area contributed by atoms with E-state index in [1.807, 2.05) is 26.4 Å². The first-order valence-corrected chi connectivity index (χ1v) is 11.2. The number of anilines is 3. The van der Waals surface area contributed by atoms with Crippen LogP contribution in [0.4, 0.5) is 21.6 Å². The fourth-order valence-corrected chi connectivity index (χ4v) is 4.89. The molecule has 4 aromatic rings. The standard InChI is InChI=1S/C25H26FN7O/c1-4-15-21(14-7-31-33(3)11-14)22(15)25(34)32-20-6-13-5-16(17-8-29-10-19(27)12(17)2)23(26)24(28)18(13)9-30-20/h5-11,15,21-22H,4,27-28H2,1-3H3,(H,30,32,34)/t15-,21+,22+/m1/s1. The van der Waals surface area contributed by atoms with Crippen LogP contribution in [0.15, 0.2) is 43.1 Å². The van der Waals surface area contributed by atoms with E-state index < -0.39 is 5.82 Å². The average Bonchev–Trinajstić information content (AvgIpc) is 3.41. The Balaban J connectivity index is 1.46. The molecular formula is C25H26FN7O. The number of nitrogen functional groups attached to an aromatic ring is 2. The molecule has 3 atom stereocenters. The number of pyridine rings is 2. The fourth-order valence-electron chi connectivity index (χ4n) is 4.89. The second-order valence-electron chi connectivity index (χ2n) is 8.90. The van der Waals surface area contributed by atoms with Crippen LogP contribution in [0.25, 0.3) is 21.9 Å². The molecule has 0 bridgehead atoms. The number of nitrogens with two attached hydrogens (primary N) is 2. The van der Waals surface area contributed by atoms with Crippen molar-refractivity contribution in [2.24, 2.45) is 18.9 Å². The van der Waals surface area contributed by atoms with Crippen LogP contribution in [0.3, 0.4) is 0 Å². The van der Waals surface area contributed by atoms with E-state index in [0.29, 0.717) is 33.4 Å².